The van der Waals surface area contributed by atoms with Crippen LogP contribution in [0.4, 0.5) is 5.82 Å². The molecule has 9 heteroatoms. The van der Waals surface area contributed by atoms with Crippen molar-refractivity contribution in [3.05, 3.63) is 47.3 Å². The fraction of sp³-hybridized carbons (Fsp3) is 0.676. The Morgan fingerprint density at radius 2 is 1.65 bits per heavy atom. The molecule has 9 nitrogen and oxygen atoms in total. The quantitative estimate of drug-likeness (QED) is 0.147. The van der Waals surface area contributed by atoms with Crippen LogP contribution in [0.1, 0.15) is 94.9 Å². The van der Waals surface area contributed by atoms with E-state index in [4.69, 9.17) is 23.9 Å². The van der Waals surface area contributed by atoms with Gasteiger partial charge in [0.05, 0.1) is 39.5 Å². The summed E-state index contributed by atoms with van der Waals surface area (Å²) in [7, 11) is 0. The Morgan fingerprint density at radius 1 is 0.930 bits per heavy atom. The second kappa shape index (κ2) is 19.5. The van der Waals surface area contributed by atoms with Gasteiger partial charge in [-0.25, -0.2) is 9.97 Å². The van der Waals surface area contributed by atoms with Crippen molar-refractivity contribution >= 4 is 11.8 Å². The van der Waals surface area contributed by atoms with E-state index in [9.17, 15) is 9.90 Å². The Labute approximate surface area is 258 Å². The minimum atomic E-state index is -0.786. The number of unbranched alkanes of at least 4 members (excludes halogenated alkanes) is 3. The molecule has 0 bridgehead atoms. The lowest BCUT2D eigenvalue weighted by Crippen LogP contribution is -2.14. The Morgan fingerprint density at radius 3 is 2.35 bits per heavy atom. The van der Waals surface area contributed by atoms with Crippen LogP contribution in [0.15, 0.2) is 30.5 Å². The maximum Gasteiger partial charge on any atom is 0.303 e. The van der Waals surface area contributed by atoms with Crippen LogP contribution in [-0.2, 0) is 31.8 Å². The molecule has 0 saturated heterocycles. The third-order valence-electron chi connectivity index (χ3n) is 7.56. The molecule has 0 saturated carbocycles. The number of carboxylic acid groups (broad SMARTS) is 1. The fourth-order valence-corrected chi connectivity index (χ4v) is 5.00. The average molecular weight is 600 g/mol. The van der Waals surface area contributed by atoms with Gasteiger partial charge < -0.3 is 29.4 Å². The standard InChI is InChI=1S/C34H53N3O6/c1-34(2,3)16-18-40-19-20-41-21-22-42-23-24-43-31-15-13-29(26-36-31)28(25-32(38)39)9-6-4-5-7-11-30-14-12-27-10-8-17-35-33(27)37-30/h12-15,26,28H,4-11,16-25H2,1-3H3,(H,35,37)(H,38,39)/t28-/m1/s1. The monoisotopic (exact) mass is 599 g/mol. The summed E-state index contributed by atoms with van der Waals surface area (Å²) >= 11 is 0. The summed E-state index contributed by atoms with van der Waals surface area (Å²) in [6.45, 7) is 11.4. The van der Waals surface area contributed by atoms with Gasteiger partial charge in [-0.3, -0.25) is 4.79 Å². The van der Waals surface area contributed by atoms with E-state index < -0.39 is 5.97 Å². The van der Waals surface area contributed by atoms with Crippen molar-refractivity contribution in [3.8, 4) is 5.88 Å². The molecule has 2 aromatic rings. The van der Waals surface area contributed by atoms with Crippen LogP contribution in [0.2, 0.25) is 0 Å². The van der Waals surface area contributed by atoms with Gasteiger partial charge in [-0.15, -0.1) is 0 Å². The first-order chi connectivity index (χ1) is 20.8. The van der Waals surface area contributed by atoms with Gasteiger partial charge in [0.1, 0.15) is 12.4 Å². The number of ether oxygens (including phenoxy) is 4. The topological polar surface area (TPSA) is 112 Å². The van der Waals surface area contributed by atoms with Gasteiger partial charge in [-0.05, 0) is 67.1 Å². The molecule has 2 aromatic heterocycles. The number of aliphatic carboxylic acids is 1. The molecule has 0 amide bonds. The number of rotatable bonds is 22. The number of nitrogens with zero attached hydrogens (tertiary/aromatic N) is 2. The molecule has 1 aliphatic heterocycles. The van der Waals surface area contributed by atoms with E-state index in [1.807, 2.05) is 12.1 Å². The highest BCUT2D eigenvalue weighted by Crippen LogP contribution is 2.27. The van der Waals surface area contributed by atoms with Crippen molar-refractivity contribution in [1.29, 1.82) is 0 Å². The predicted molar refractivity (Wildman–Crippen MR) is 169 cm³/mol. The number of hydrogen-bond donors (Lipinski definition) is 2. The molecule has 3 heterocycles. The largest absolute Gasteiger partial charge is 0.481 e. The fourth-order valence-electron chi connectivity index (χ4n) is 5.00. The van der Waals surface area contributed by atoms with Crippen molar-refractivity contribution in [1.82, 2.24) is 9.97 Å². The minimum absolute atomic E-state index is 0.0559. The Kier molecular flexibility index (Phi) is 15.8. The zero-order valence-electron chi connectivity index (χ0n) is 26.6. The van der Waals surface area contributed by atoms with Crippen LogP contribution in [0.25, 0.3) is 0 Å². The number of nitrogens with one attached hydrogen (secondary N) is 1. The van der Waals surface area contributed by atoms with Crippen LogP contribution in [0.3, 0.4) is 0 Å². The minimum Gasteiger partial charge on any atom is -0.481 e. The summed E-state index contributed by atoms with van der Waals surface area (Å²) in [4.78, 5) is 20.7. The third kappa shape index (κ3) is 15.0. The average Bonchev–Trinajstić information content (AvgIpc) is 2.98. The first kappa shape index (κ1) is 34.7. The van der Waals surface area contributed by atoms with Crippen molar-refractivity contribution in [2.45, 2.75) is 90.9 Å². The normalized spacial score (nSPS) is 13.7. The number of carbonyl (C=O) groups is 1. The number of aromatic nitrogens is 2. The molecule has 0 aromatic carbocycles. The summed E-state index contributed by atoms with van der Waals surface area (Å²) in [6.07, 6.45) is 11.2. The summed E-state index contributed by atoms with van der Waals surface area (Å²) in [5.41, 5.74) is 3.70. The lowest BCUT2D eigenvalue weighted by atomic mass is 9.91. The SMILES string of the molecule is CC(C)(C)CCOCCOCCOCCOc1ccc([C@H](CCCCCCc2ccc3c(n2)NCCC3)CC(=O)O)cn1. The molecule has 1 atom stereocenters. The van der Waals surface area contributed by atoms with E-state index in [2.05, 4.69) is 43.2 Å². The molecule has 43 heavy (non-hydrogen) atoms. The third-order valence-corrected chi connectivity index (χ3v) is 7.56. The van der Waals surface area contributed by atoms with E-state index in [1.54, 1.807) is 6.20 Å². The van der Waals surface area contributed by atoms with E-state index in [0.717, 1.165) is 81.6 Å². The summed E-state index contributed by atoms with van der Waals surface area (Å²) in [5, 5.41) is 12.9. The van der Waals surface area contributed by atoms with Crippen molar-refractivity contribution in [2.75, 3.05) is 58.1 Å². The molecule has 1 aliphatic rings. The molecule has 0 spiro atoms. The maximum atomic E-state index is 11.5. The molecule has 0 fully saturated rings. The maximum absolute atomic E-state index is 11.5. The number of anilines is 1. The Bertz CT molecular complexity index is 1060. The highest BCUT2D eigenvalue weighted by molar-refractivity contribution is 5.68. The highest BCUT2D eigenvalue weighted by atomic mass is 16.6. The lowest BCUT2D eigenvalue weighted by molar-refractivity contribution is -0.137. The number of hydrogen-bond acceptors (Lipinski definition) is 8. The van der Waals surface area contributed by atoms with Crippen LogP contribution in [0, 0.1) is 5.41 Å². The molecular formula is C34H53N3O6. The van der Waals surface area contributed by atoms with Gasteiger partial charge in [0.25, 0.3) is 0 Å². The zero-order valence-corrected chi connectivity index (χ0v) is 26.6. The van der Waals surface area contributed by atoms with Gasteiger partial charge >= 0.3 is 5.97 Å². The second-order valence-corrected chi connectivity index (χ2v) is 12.5. The second-order valence-electron chi connectivity index (χ2n) is 12.5. The van der Waals surface area contributed by atoms with E-state index in [1.165, 1.54) is 12.0 Å². The summed E-state index contributed by atoms with van der Waals surface area (Å²) in [6, 6.07) is 8.12. The van der Waals surface area contributed by atoms with Crippen molar-refractivity contribution in [3.63, 3.8) is 0 Å². The molecule has 240 valence electrons. The molecule has 2 N–H and O–H groups in total. The molecule has 3 rings (SSSR count). The predicted octanol–water partition coefficient (Wildman–Crippen LogP) is 6.45. The van der Waals surface area contributed by atoms with E-state index >= 15 is 0 Å². The van der Waals surface area contributed by atoms with Gasteiger partial charge in [-0.2, -0.15) is 0 Å². The number of aryl methyl sites for hydroxylation is 2. The van der Waals surface area contributed by atoms with Gasteiger partial charge in [0, 0.05) is 31.1 Å². The summed E-state index contributed by atoms with van der Waals surface area (Å²) < 4.78 is 22.4. The van der Waals surface area contributed by atoms with Crippen LogP contribution < -0.4 is 10.1 Å². The number of pyridine rings is 2. The lowest BCUT2D eigenvalue weighted by Gasteiger charge is -2.17. The smallest absolute Gasteiger partial charge is 0.303 e. The van der Waals surface area contributed by atoms with Gasteiger partial charge in [0.2, 0.25) is 5.88 Å². The summed E-state index contributed by atoms with van der Waals surface area (Å²) in [5.74, 6) is 0.728. The van der Waals surface area contributed by atoms with Crippen molar-refractivity contribution < 1.29 is 28.8 Å². The van der Waals surface area contributed by atoms with Gasteiger partial charge in [-0.1, -0.05) is 52.2 Å². The van der Waals surface area contributed by atoms with Crippen LogP contribution in [0.5, 0.6) is 5.88 Å². The highest BCUT2D eigenvalue weighted by Gasteiger charge is 2.16. The molecule has 0 aliphatic carbocycles. The van der Waals surface area contributed by atoms with Crippen LogP contribution in [-0.4, -0.2) is 73.8 Å². The Balaban J connectivity index is 1.24. The molecule has 0 unspecified atom stereocenters. The molecular weight excluding hydrogens is 546 g/mol. The van der Waals surface area contributed by atoms with Crippen LogP contribution >= 0.6 is 0 Å². The molecule has 0 radical (unpaired) electrons. The first-order valence-corrected chi connectivity index (χ1v) is 16.1. The first-order valence-electron chi connectivity index (χ1n) is 16.1. The zero-order chi connectivity index (χ0) is 30.8. The Hall–Kier alpha value is -2.75. The number of fused-ring (bicyclic) bond motifs is 1. The van der Waals surface area contributed by atoms with E-state index in [-0.39, 0.29) is 17.8 Å². The number of carboxylic acids is 1. The van der Waals surface area contributed by atoms with Crippen molar-refractivity contribution in [2.24, 2.45) is 5.41 Å². The van der Waals surface area contributed by atoms with E-state index in [0.29, 0.717) is 45.5 Å². The van der Waals surface area contributed by atoms with Gasteiger partial charge in [0.15, 0.2) is 0 Å².